The second kappa shape index (κ2) is 5.05. The van der Waals surface area contributed by atoms with Crippen molar-refractivity contribution in [3.63, 3.8) is 0 Å². The first-order valence-electron chi connectivity index (χ1n) is 3.15. The lowest BCUT2D eigenvalue weighted by Gasteiger charge is -2.11. The van der Waals surface area contributed by atoms with Crippen LogP contribution >= 0.6 is 0 Å². The Morgan fingerprint density at radius 3 is 2.60 bits per heavy atom. The molecular formula is C6H13NO3. The zero-order valence-corrected chi connectivity index (χ0v) is 6.29. The largest absolute Gasteiger partial charge is 0.447 e. The van der Waals surface area contributed by atoms with Gasteiger partial charge in [0.25, 0.3) is 0 Å². The van der Waals surface area contributed by atoms with E-state index in [1.54, 1.807) is 7.11 Å². The molecule has 0 bridgehead atoms. The first-order valence-corrected chi connectivity index (χ1v) is 3.15. The molecule has 0 radical (unpaired) electrons. The number of amides is 1. The highest BCUT2D eigenvalue weighted by Crippen LogP contribution is 1.95. The van der Waals surface area contributed by atoms with Crippen molar-refractivity contribution in [1.82, 2.24) is 0 Å². The summed E-state index contributed by atoms with van der Waals surface area (Å²) in [4.78, 5) is 10.1. The lowest BCUT2D eigenvalue weighted by atomic mass is 10.3. The van der Waals surface area contributed by atoms with Crippen molar-refractivity contribution in [2.45, 2.75) is 19.4 Å². The second-order valence-electron chi connectivity index (χ2n) is 1.90. The minimum atomic E-state index is -0.754. The third-order valence-electron chi connectivity index (χ3n) is 1.20. The molecule has 1 amide bonds. The van der Waals surface area contributed by atoms with E-state index < -0.39 is 6.09 Å². The van der Waals surface area contributed by atoms with Crippen LogP contribution in [0, 0.1) is 0 Å². The molecule has 0 aromatic rings. The Kier molecular flexibility index (Phi) is 4.66. The van der Waals surface area contributed by atoms with Gasteiger partial charge >= 0.3 is 6.09 Å². The zero-order chi connectivity index (χ0) is 7.98. The van der Waals surface area contributed by atoms with Crippen LogP contribution in [-0.4, -0.2) is 25.9 Å². The van der Waals surface area contributed by atoms with Crippen molar-refractivity contribution < 1.29 is 14.3 Å². The van der Waals surface area contributed by atoms with Gasteiger partial charge in [0.05, 0.1) is 6.10 Å². The van der Waals surface area contributed by atoms with Crippen LogP contribution in [0.15, 0.2) is 0 Å². The smallest absolute Gasteiger partial charge is 0.404 e. The molecule has 0 aliphatic heterocycles. The van der Waals surface area contributed by atoms with Crippen LogP contribution in [0.3, 0.4) is 0 Å². The number of hydrogen-bond donors (Lipinski definition) is 1. The van der Waals surface area contributed by atoms with Crippen LogP contribution in [-0.2, 0) is 9.47 Å². The van der Waals surface area contributed by atoms with E-state index in [9.17, 15) is 4.79 Å². The summed E-state index contributed by atoms with van der Waals surface area (Å²) in [6.45, 7) is 2.18. The first-order chi connectivity index (χ1) is 4.70. The predicted molar refractivity (Wildman–Crippen MR) is 36.6 cm³/mol. The highest BCUT2D eigenvalue weighted by Gasteiger charge is 2.05. The van der Waals surface area contributed by atoms with E-state index in [-0.39, 0.29) is 12.7 Å². The first kappa shape index (κ1) is 9.23. The van der Waals surface area contributed by atoms with Crippen LogP contribution in [0.2, 0.25) is 0 Å². The van der Waals surface area contributed by atoms with Gasteiger partial charge < -0.3 is 15.2 Å². The van der Waals surface area contributed by atoms with Gasteiger partial charge in [-0.25, -0.2) is 4.79 Å². The Balaban J connectivity index is 3.34. The van der Waals surface area contributed by atoms with E-state index in [0.29, 0.717) is 0 Å². The summed E-state index contributed by atoms with van der Waals surface area (Å²) in [6, 6.07) is 0. The molecule has 0 heterocycles. The van der Waals surface area contributed by atoms with Gasteiger partial charge in [-0.15, -0.1) is 0 Å². The number of ether oxygens (including phenoxy) is 2. The minimum absolute atomic E-state index is 0.0347. The Morgan fingerprint density at radius 2 is 2.30 bits per heavy atom. The summed E-state index contributed by atoms with van der Waals surface area (Å²) in [5.41, 5.74) is 4.73. The van der Waals surface area contributed by atoms with E-state index in [2.05, 4.69) is 4.74 Å². The van der Waals surface area contributed by atoms with Crippen LogP contribution in [0.4, 0.5) is 4.79 Å². The summed E-state index contributed by atoms with van der Waals surface area (Å²) >= 11 is 0. The molecule has 10 heavy (non-hydrogen) atoms. The summed E-state index contributed by atoms with van der Waals surface area (Å²) in [7, 11) is 1.57. The number of methoxy groups -OCH3 is 1. The molecule has 0 aliphatic carbocycles. The van der Waals surface area contributed by atoms with Crippen molar-refractivity contribution in [2.75, 3.05) is 13.7 Å². The van der Waals surface area contributed by atoms with Crippen LogP contribution in [0.25, 0.3) is 0 Å². The van der Waals surface area contributed by atoms with Crippen molar-refractivity contribution in [1.29, 1.82) is 0 Å². The van der Waals surface area contributed by atoms with Gasteiger partial charge in [0, 0.05) is 7.11 Å². The molecule has 0 saturated carbocycles. The van der Waals surface area contributed by atoms with Crippen LogP contribution < -0.4 is 5.73 Å². The Morgan fingerprint density at radius 1 is 1.70 bits per heavy atom. The average Bonchev–Trinajstić information content (AvgIpc) is 1.90. The fraction of sp³-hybridized carbons (Fsp3) is 0.833. The summed E-state index contributed by atoms with van der Waals surface area (Å²) < 4.78 is 9.42. The maximum absolute atomic E-state index is 10.1. The topological polar surface area (TPSA) is 61.5 Å². The number of carbonyl (C=O) groups is 1. The van der Waals surface area contributed by atoms with Crippen molar-refractivity contribution in [3.8, 4) is 0 Å². The molecule has 0 aromatic carbocycles. The minimum Gasteiger partial charge on any atom is -0.447 e. The van der Waals surface area contributed by atoms with E-state index in [1.807, 2.05) is 6.92 Å². The third kappa shape index (κ3) is 4.14. The normalized spacial score (nSPS) is 12.6. The Bertz CT molecular complexity index is 101. The molecule has 1 atom stereocenters. The lowest BCUT2D eigenvalue weighted by molar-refractivity contribution is 0.0360. The standard InChI is InChI=1S/C6H13NO3/c1-3-5(9-2)4-10-6(7)8/h5H,3-4H2,1-2H3,(H2,7,8). The number of nitrogens with two attached hydrogens (primary N) is 1. The maximum atomic E-state index is 10.1. The van der Waals surface area contributed by atoms with E-state index in [0.717, 1.165) is 6.42 Å². The van der Waals surface area contributed by atoms with E-state index in [1.165, 1.54) is 0 Å². The van der Waals surface area contributed by atoms with Gasteiger partial charge in [-0.2, -0.15) is 0 Å². The molecule has 0 rings (SSSR count). The van der Waals surface area contributed by atoms with Crippen molar-refractivity contribution in [3.05, 3.63) is 0 Å². The zero-order valence-electron chi connectivity index (χ0n) is 6.29. The van der Waals surface area contributed by atoms with E-state index >= 15 is 0 Å². The Hall–Kier alpha value is -0.770. The predicted octanol–water partition coefficient (Wildman–Crippen LogP) is 0.507. The van der Waals surface area contributed by atoms with Gasteiger partial charge in [-0.3, -0.25) is 0 Å². The molecule has 60 valence electrons. The molecule has 0 aliphatic rings. The maximum Gasteiger partial charge on any atom is 0.404 e. The van der Waals surface area contributed by atoms with Crippen molar-refractivity contribution in [2.24, 2.45) is 5.73 Å². The molecule has 4 heteroatoms. The summed E-state index contributed by atoms with van der Waals surface area (Å²) in [5.74, 6) is 0. The number of hydrogen-bond acceptors (Lipinski definition) is 3. The lowest BCUT2D eigenvalue weighted by Crippen LogP contribution is -2.23. The molecule has 4 nitrogen and oxygen atoms in total. The van der Waals surface area contributed by atoms with Crippen LogP contribution in [0.5, 0.6) is 0 Å². The monoisotopic (exact) mass is 147 g/mol. The fourth-order valence-electron chi connectivity index (χ4n) is 0.528. The summed E-state index contributed by atoms with van der Waals surface area (Å²) in [5, 5.41) is 0. The molecule has 0 saturated heterocycles. The van der Waals surface area contributed by atoms with Gasteiger partial charge in [0.1, 0.15) is 6.61 Å². The Labute approximate surface area is 60.3 Å². The van der Waals surface area contributed by atoms with Gasteiger partial charge in [0.15, 0.2) is 0 Å². The molecule has 0 aromatic heterocycles. The SMILES string of the molecule is CCC(COC(N)=O)OC. The molecule has 1 unspecified atom stereocenters. The van der Waals surface area contributed by atoms with Crippen molar-refractivity contribution >= 4 is 6.09 Å². The molecular weight excluding hydrogens is 134 g/mol. The van der Waals surface area contributed by atoms with Gasteiger partial charge in [0.2, 0.25) is 0 Å². The second-order valence-corrected chi connectivity index (χ2v) is 1.90. The third-order valence-corrected chi connectivity index (χ3v) is 1.20. The van der Waals surface area contributed by atoms with Gasteiger partial charge in [-0.05, 0) is 6.42 Å². The number of rotatable bonds is 4. The summed E-state index contributed by atoms with van der Waals surface area (Å²) in [6.07, 6.45) is 0.0204. The average molecular weight is 147 g/mol. The van der Waals surface area contributed by atoms with Crippen LogP contribution in [0.1, 0.15) is 13.3 Å². The molecule has 2 N–H and O–H groups in total. The number of carbonyl (C=O) groups excluding carboxylic acids is 1. The molecule has 0 spiro atoms. The quantitative estimate of drug-likeness (QED) is 0.630. The number of primary amides is 1. The molecule has 0 fully saturated rings. The van der Waals surface area contributed by atoms with Gasteiger partial charge in [-0.1, -0.05) is 6.92 Å². The highest BCUT2D eigenvalue weighted by atomic mass is 16.6. The van der Waals surface area contributed by atoms with E-state index in [4.69, 9.17) is 10.5 Å². The highest BCUT2D eigenvalue weighted by molar-refractivity contribution is 5.64. The fourth-order valence-corrected chi connectivity index (χ4v) is 0.528.